The Balaban J connectivity index is 3.39. The van der Waals surface area contributed by atoms with E-state index in [2.05, 4.69) is 5.32 Å². The quantitative estimate of drug-likeness (QED) is 0.0418. The molecule has 0 aliphatic heterocycles. The third kappa shape index (κ3) is 28.5. The molecule has 0 aliphatic carbocycles. The Bertz CT molecular complexity index is 666. The fourth-order valence-corrected chi connectivity index (χ4v) is 5.88. The standard InChI is InChI=1S/C21H44N2O8S4/c1-23(2,12-6-19-35(27,28)29)11-5-15-31-21(24)8-17-33-20-32-16-7-14-30-13-3-9-22-10-4-18-34(25)26/h22H,3-20H2,1-2H3,(H-,25,26,27,28,29)/p-1. The smallest absolute Gasteiger partial charge is 0.306 e. The molecule has 1 unspecified atom stereocenters. The monoisotopic (exact) mass is 579 g/mol. The summed E-state index contributed by atoms with van der Waals surface area (Å²) < 4.78 is 64.2. The first-order valence-corrected chi connectivity index (χ1v) is 17.1. The van der Waals surface area contributed by atoms with Gasteiger partial charge in [-0.3, -0.25) is 9.00 Å². The molecular weight excluding hydrogens is 537 g/mol. The van der Waals surface area contributed by atoms with Crippen LogP contribution in [0.25, 0.3) is 0 Å². The highest BCUT2D eigenvalue weighted by Crippen LogP contribution is 2.14. The lowest BCUT2D eigenvalue weighted by Crippen LogP contribution is -2.42. The van der Waals surface area contributed by atoms with Gasteiger partial charge in [-0.1, -0.05) is 11.1 Å². The Morgan fingerprint density at radius 3 is 2.34 bits per heavy atom. The maximum absolute atomic E-state index is 11.8. The van der Waals surface area contributed by atoms with Crippen LogP contribution in [0.1, 0.15) is 38.5 Å². The molecule has 1 atom stereocenters. The fourth-order valence-electron chi connectivity index (χ4n) is 2.97. The van der Waals surface area contributed by atoms with Crippen molar-refractivity contribution in [2.24, 2.45) is 0 Å². The van der Waals surface area contributed by atoms with Gasteiger partial charge in [0.05, 0.1) is 50.3 Å². The minimum atomic E-state index is -4.16. The molecular formula is C21H43N2O8S4-. The highest BCUT2D eigenvalue weighted by molar-refractivity contribution is 8.15. The first-order valence-electron chi connectivity index (χ1n) is 11.9. The third-order valence-corrected chi connectivity index (χ3v) is 8.64. The minimum Gasteiger partial charge on any atom is -0.772 e. The molecule has 0 fully saturated rings. The predicted molar refractivity (Wildman–Crippen MR) is 142 cm³/mol. The summed E-state index contributed by atoms with van der Waals surface area (Å²) in [5.74, 6) is 1.40. The van der Waals surface area contributed by atoms with Gasteiger partial charge in [0.15, 0.2) is 0 Å². The van der Waals surface area contributed by atoms with E-state index in [1.165, 1.54) is 0 Å². The summed E-state index contributed by atoms with van der Waals surface area (Å²) in [7, 11) is -0.235. The molecule has 1 N–H and O–H groups in total. The summed E-state index contributed by atoms with van der Waals surface area (Å²) in [6, 6.07) is 0. The molecule has 0 aromatic heterocycles. The van der Waals surface area contributed by atoms with Gasteiger partial charge < -0.3 is 28.4 Å². The zero-order valence-corrected chi connectivity index (χ0v) is 24.3. The maximum Gasteiger partial charge on any atom is 0.306 e. The number of nitrogens with one attached hydrogen (secondary N) is 1. The molecule has 0 aromatic rings. The van der Waals surface area contributed by atoms with Crippen LogP contribution in [-0.2, 0) is 35.5 Å². The maximum atomic E-state index is 11.8. The SMILES string of the molecule is C[N+](C)(CCCOC(=O)CCSCSCCCOCCCNCCCS(=O)[O-])CCCS(=O)(=O)[O-]. The number of rotatable bonds is 25. The van der Waals surface area contributed by atoms with Gasteiger partial charge in [0.1, 0.15) is 0 Å². The molecule has 0 rings (SSSR count). The molecule has 0 radical (unpaired) electrons. The van der Waals surface area contributed by atoms with Crippen LogP contribution >= 0.6 is 23.5 Å². The molecule has 210 valence electrons. The lowest BCUT2D eigenvalue weighted by molar-refractivity contribution is -0.890. The van der Waals surface area contributed by atoms with Crippen molar-refractivity contribution < 1.29 is 40.5 Å². The molecule has 14 heteroatoms. The van der Waals surface area contributed by atoms with Gasteiger partial charge in [0, 0.05) is 48.4 Å². The summed E-state index contributed by atoms with van der Waals surface area (Å²) in [6.45, 7) is 4.64. The minimum absolute atomic E-state index is 0.200. The molecule has 0 heterocycles. The van der Waals surface area contributed by atoms with Gasteiger partial charge in [-0.25, -0.2) is 8.42 Å². The first kappa shape index (κ1) is 35.1. The molecule has 0 bridgehead atoms. The van der Waals surface area contributed by atoms with Crippen LogP contribution in [0.5, 0.6) is 0 Å². The molecule has 0 saturated heterocycles. The second-order valence-electron chi connectivity index (χ2n) is 8.69. The molecule has 35 heavy (non-hydrogen) atoms. The van der Waals surface area contributed by atoms with E-state index in [4.69, 9.17) is 9.47 Å². The number of carbonyl (C=O) groups is 1. The molecule has 10 nitrogen and oxygen atoms in total. The third-order valence-electron chi connectivity index (χ3n) is 4.83. The fraction of sp³-hybridized carbons (Fsp3) is 0.952. The number of hydrogen-bond acceptors (Lipinski definition) is 11. The summed E-state index contributed by atoms with van der Waals surface area (Å²) >= 11 is 1.59. The number of esters is 1. The highest BCUT2D eigenvalue weighted by Gasteiger charge is 2.15. The van der Waals surface area contributed by atoms with Crippen molar-refractivity contribution in [1.29, 1.82) is 0 Å². The number of quaternary nitrogens is 1. The zero-order valence-electron chi connectivity index (χ0n) is 21.1. The first-order chi connectivity index (χ1) is 16.5. The summed E-state index contributed by atoms with van der Waals surface area (Å²) in [4.78, 5) is 11.8. The van der Waals surface area contributed by atoms with E-state index < -0.39 is 21.2 Å². The van der Waals surface area contributed by atoms with Crippen LogP contribution < -0.4 is 5.32 Å². The van der Waals surface area contributed by atoms with Crippen molar-refractivity contribution in [3.05, 3.63) is 0 Å². The molecule has 0 amide bonds. The topological polar surface area (TPSA) is 145 Å². The van der Waals surface area contributed by atoms with Gasteiger partial charge in [-0.2, -0.15) is 23.5 Å². The Morgan fingerprint density at radius 2 is 1.63 bits per heavy atom. The van der Waals surface area contributed by atoms with E-state index in [-0.39, 0.29) is 17.5 Å². The van der Waals surface area contributed by atoms with E-state index in [0.29, 0.717) is 56.5 Å². The van der Waals surface area contributed by atoms with E-state index in [1.54, 1.807) is 11.8 Å². The van der Waals surface area contributed by atoms with E-state index >= 15 is 0 Å². The van der Waals surface area contributed by atoms with Crippen LogP contribution in [0.3, 0.4) is 0 Å². The number of carbonyl (C=O) groups excluding carboxylic acids is 1. The van der Waals surface area contributed by atoms with E-state index in [1.807, 2.05) is 25.9 Å². The number of thioether (sulfide) groups is 2. The van der Waals surface area contributed by atoms with Crippen LogP contribution in [0.15, 0.2) is 0 Å². The average Bonchev–Trinajstić information content (AvgIpc) is 2.75. The summed E-state index contributed by atoms with van der Waals surface area (Å²) in [5, 5.41) is 4.12. The van der Waals surface area contributed by atoms with E-state index in [9.17, 15) is 26.5 Å². The predicted octanol–water partition coefficient (Wildman–Crippen LogP) is 1.40. The molecule has 0 aliphatic rings. The van der Waals surface area contributed by atoms with Crippen molar-refractivity contribution in [2.45, 2.75) is 38.5 Å². The largest absolute Gasteiger partial charge is 0.772 e. The second-order valence-corrected chi connectivity index (χ2v) is 13.8. The van der Waals surface area contributed by atoms with Gasteiger partial charge in [-0.05, 0) is 38.1 Å². The molecule has 0 spiro atoms. The van der Waals surface area contributed by atoms with Crippen LogP contribution in [0, 0.1) is 0 Å². The van der Waals surface area contributed by atoms with Gasteiger partial charge in [-0.15, -0.1) is 0 Å². The molecule has 0 saturated carbocycles. The van der Waals surface area contributed by atoms with Crippen molar-refractivity contribution in [2.75, 3.05) is 88.2 Å². The lowest BCUT2D eigenvalue weighted by Gasteiger charge is -2.30. The van der Waals surface area contributed by atoms with Crippen LogP contribution in [-0.4, -0.2) is 120 Å². The number of nitrogens with zero attached hydrogens (tertiary/aromatic N) is 1. The highest BCUT2D eigenvalue weighted by atomic mass is 32.2. The number of hydrogen-bond donors (Lipinski definition) is 1. The molecule has 0 aromatic carbocycles. The average molecular weight is 580 g/mol. The van der Waals surface area contributed by atoms with Crippen molar-refractivity contribution in [1.82, 2.24) is 5.32 Å². The van der Waals surface area contributed by atoms with E-state index in [0.717, 1.165) is 49.1 Å². The Morgan fingerprint density at radius 1 is 0.971 bits per heavy atom. The Labute approximate surface area is 222 Å². The summed E-state index contributed by atoms with van der Waals surface area (Å²) in [5.41, 5.74) is 0. The van der Waals surface area contributed by atoms with Crippen molar-refractivity contribution in [3.63, 3.8) is 0 Å². The van der Waals surface area contributed by atoms with Crippen LogP contribution in [0.2, 0.25) is 0 Å². The number of ether oxygens (including phenoxy) is 2. The lowest BCUT2D eigenvalue weighted by atomic mass is 10.3. The normalized spacial score (nSPS) is 13.1. The Hall–Kier alpha value is 0.0700. The van der Waals surface area contributed by atoms with Crippen molar-refractivity contribution >= 4 is 50.7 Å². The summed E-state index contributed by atoms with van der Waals surface area (Å²) in [6.07, 6.45) is 3.93. The Kier molecular flexibility index (Phi) is 22.1. The van der Waals surface area contributed by atoms with Crippen LogP contribution in [0.4, 0.5) is 0 Å². The van der Waals surface area contributed by atoms with Gasteiger partial charge >= 0.3 is 5.97 Å². The second kappa shape index (κ2) is 22.1. The van der Waals surface area contributed by atoms with Gasteiger partial charge in [0.25, 0.3) is 0 Å². The van der Waals surface area contributed by atoms with Gasteiger partial charge in [0.2, 0.25) is 0 Å². The van der Waals surface area contributed by atoms with Crippen molar-refractivity contribution in [3.8, 4) is 0 Å². The zero-order chi connectivity index (χ0) is 26.4.